The summed E-state index contributed by atoms with van der Waals surface area (Å²) in [5.41, 5.74) is 12.0. The molecule has 7 heteroatoms. The molecule has 2 rings (SSSR count). The lowest BCUT2D eigenvalue weighted by molar-refractivity contribution is 0.1000. The second kappa shape index (κ2) is 5.65. The Morgan fingerprint density at radius 3 is 2.89 bits per heavy atom. The van der Waals surface area contributed by atoms with Crippen molar-refractivity contribution in [3.05, 3.63) is 41.3 Å². The Morgan fingerprint density at radius 1 is 1.39 bits per heavy atom. The number of hydrogen-bond donors (Lipinski definition) is 2. The van der Waals surface area contributed by atoms with Crippen molar-refractivity contribution in [2.45, 2.75) is 17.5 Å². The minimum atomic E-state index is -0.440. The predicted molar refractivity (Wildman–Crippen MR) is 66.7 cm³/mol. The van der Waals surface area contributed by atoms with Gasteiger partial charge in [-0.15, -0.1) is 10.2 Å². The van der Waals surface area contributed by atoms with Crippen LogP contribution in [0.15, 0.2) is 33.9 Å². The molecule has 0 bridgehead atoms. The molecule has 0 atom stereocenters. The van der Waals surface area contributed by atoms with Gasteiger partial charge in [0.2, 0.25) is 11.8 Å². The highest BCUT2D eigenvalue weighted by Gasteiger charge is 2.06. The third-order valence-corrected chi connectivity index (χ3v) is 3.09. The van der Waals surface area contributed by atoms with Gasteiger partial charge < -0.3 is 15.9 Å². The highest BCUT2D eigenvalue weighted by atomic mass is 32.2. The zero-order valence-corrected chi connectivity index (χ0v) is 10.3. The maximum atomic E-state index is 11.0. The molecule has 0 spiro atoms. The van der Waals surface area contributed by atoms with Crippen molar-refractivity contribution in [2.24, 2.45) is 11.5 Å². The highest BCUT2D eigenvalue weighted by Crippen LogP contribution is 2.21. The quantitative estimate of drug-likeness (QED) is 0.777. The summed E-state index contributed by atoms with van der Waals surface area (Å²) in [5.74, 6) is 0.585. The molecule has 0 fully saturated rings. The van der Waals surface area contributed by atoms with Crippen molar-refractivity contribution in [1.82, 2.24) is 10.2 Å². The van der Waals surface area contributed by atoms with Gasteiger partial charge in [-0.1, -0.05) is 23.9 Å². The number of nitrogens with zero attached hydrogens (tertiary/aromatic N) is 2. The van der Waals surface area contributed by atoms with Gasteiger partial charge in [-0.25, -0.2) is 0 Å². The Morgan fingerprint density at radius 2 is 2.22 bits per heavy atom. The van der Waals surface area contributed by atoms with Crippen LogP contribution in [0.25, 0.3) is 0 Å². The minimum Gasteiger partial charge on any atom is -0.415 e. The number of benzene rings is 1. The summed E-state index contributed by atoms with van der Waals surface area (Å²) in [4.78, 5) is 11.0. The van der Waals surface area contributed by atoms with Crippen LogP contribution in [-0.4, -0.2) is 16.1 Å². The SMILES string of the molecule is NCc1nnc(SCc2cccc(C(N)=O)c2)o1. The van der Waals surface area contributed by atoms with Crippen LogP contribution in [-0.2, 0) is 12.3 Å². The summed E-state index contributed by atoms with van der Waals surface area (Å²) < 4.78 is 5.26. The number of carbonyl (C=O) groups is 1. The van der Waals surface area contributed by atoms with Crippen LogP contribution in [0.2, 0.25) is 0 Å². The van der Waals surface area contributed by atoms with Gasteiger partial charge in [-0.3, -0.25) is 4.79 Å². The monoisotopic (exact) mass is 264 g/mol. The molecule has 94 valence electrons. The molecule has 0 aliphatic heterocycles. The van der Waals surface area contributed by atoms with Crippen molar-refractivity contribution in [2.75, 3.05) is 0 Å². The molecular formula is C11H12N4O2S. The average Bonchev–Trinajstić information content (AvgIpc) is 2.84. The maximum absolute atomic E-state index is 11.0. The van der Waals surface area contributed by atoms with Crippen LogP contribution < -0.4 is 11.5 Å². The first-order chi connectivity index (χ1) is 8.69. The number of carbonyl (C=O) groups excluding carboxylic acids is 1. The first-order valence-corrected chi connectivity index (χ1v) is 6.21. The summed E-state index contributed by atoms with van der Waals surface area (Å²) in [6, 6.07) is 7.11. The molecule has 0 aliphatic rings. The average molecular weight is 264 g/mol. The van der Waals surface area contributed by atoms with Crippen molar-refractivity contribution in [3.8, 4) is 0 Å². The van der Waals surface area contributed by atoms with Crippen molar-refractivity contribution >= 4 is 17.7 Å². The summed E-state index contributed by atoms with van der Waals surface area (Å²) in [6.07, 6.45) is 0. The van der Waals surface area contributed by atoms with Crippen LogP contribution in [0.1, 0.15) is 21.8 Å². The second-order valence-electron chi connectivity index (χ2n) is 3.52. The molecule has 18 heavy (non-hydrogen) atoms. The standard InChI is InChI=1S/C11H12N4O2S/c12-5-9-14-15-11(17-9)18-6-7-2-1-3-8(4-7)10(13)16/h1-4H,5-6,12H2,(H2,13,16). The fraction of sp³-hybridized carbons (Fsp3) is 0.182. The van der Waals surface area contributed by atoms with Gasteiger partial charge in [0.15, 0.2) is 0 Å². The molecule has 1 heterocycles. The lowest BCUT2D eigenvalue weighted by atomic mass is 10.1. The van der Waals surface area contributed by atoms with E-state index in [0.717, 1.165) is 5.56 Å². The van der Waals surface area contributed by atoms with Crippen LogP contribution in [0.5, 0.6) is 0 Å². The van der Waals surface area contributed by atoms with E-state index in [9.17, 15) is 4.79 Å². The minimum absolute atomic E-state index is 0.227. The topological polar surface area (TPSA) is 108 Å². The lowest BCUT2D eigenvalue weighted by Gasteiger charge is -2.00. The van der Waals surface area contributed by atoms with Gasteiger partial charge in [0, 0.05) is 11.3 Å². The smallest absolute Gasteiger partial charge is 0.276 e. The largest absolute Gasteiger partial charge is 0.415 e. The predicted octanol–water partition coefficient (Wildman–Crippen LogP) is 0.920. The van der Waals surface area contributed by atoms with E-state index in [1.54, 1.807) is 18.2 Å². The Balaban J connectivity index is 2.01. The fourth-order valence-corrected chi connectivity index (χ4v) is 2.06. The number of aromatic nitrogens is 2. The number of primary amides is 1. The molecule has 0 aliphatic carbocycles. The van der Waals surface area contributed by atoms with E-state index in [2.05, 4.69) is 10.2 Å². The molecule has 0 saturated carbocycles. The van der Waals surface area contributed by atoms with Gasteiger partial charge in [-0.2, -0.15) is 0 Å². The lowest BCUT2D eigenvalue weighted by Crippen LogP contribution is -2.10. The normalized spacial score (nSPS) is 10.5. The molecule has 0 saturated heterocycles. The second-order valence-corrected chi connectivity index (χ2v) is 4.45. The number of amides is 1. The van der Waals surface area contributed by atoms with Gasteiger partial charge in [0.25, 0.3) is 5.22 Å². The first-order valence-electron chi connectivity index (χ1n) is 5.23. The van der Waals surface area contributed by atoms with E-state index in [0.29, 0.717) is 22.4 Å². The Kier molecular flexibility index (Phi) is 3.96. The third kappa shape index (κ3) is 3.08. The van der Waals surface area contributed by atoms with Crippen LogP contribution in [0, 0.1) is 0 Å². The Bertz CT molecular complexity index is 555. The van der Waals surface area contributed by atoms with E-state index < -0.39 is 5.91 Å². The molecule has 1 amide bonds. The molecule has 1 aromatic heterocycles. The van der Waals surface area contributed by atoms with E-state index >= 15 is 0 Å². The maximum Gasteiger partial charge on any atom is 0.276 e. The zero-order chi connectivity index (χ0) is 13.0. The van der Waals surface area contributed by atoms with Crippen LogP contribution in [0.4, 0.5) is 0 Å². The molecule has 1 aromatic carbocycles. The third-order valence-electron chi connectivity index (χ3n) is 2.20. The summed E-state index contributed by atoms with van der Waals surface area (Å²) in [6.45, 7) is 0.227. The summed E-state index contributed by atoms with van der Waals surface area (Å²) in [5, 5.41) is 8.05. The van der Waals surface area contributed by atoms with E-state index in [1.807, 2.05) is 6.07 Å². The fourth-order valence-electron chi connectivity index (χ4n) is 1.34. The van der Waals surface area contributed by atoms with Crippen molar-refractivity contribution in [3.63, 3.8) is 0 Å². The van der Waals surface area contributed by atoms with Crippen molar-refractivity contribution in [1.29, 1.82) is 0 Å². The van der Waals surface area contributed by atoms with E-state index in [-0.39, 0.29) is 6.54 Å². The van der Waals surface area contributed by atoms with Crippen LogP contribution in [0.3, 0.4) is 0 Å². The van der Waals surface area contributed by atoms with E-state index in [1.165, 1.54) is 11.8 Å². The molecule has 4 N–H and O–H groups in total. The molecular weight excluding hydrogens is 252 g/mol. The molecule has 0 radical (unpaired) electrons. The van der Waals surface area contributed by atoms with Gasteiger partial charge in [0.1, 0.15) is 0 Å². The highest BCUT2D eigenvalue weighted by molar-refractivity contribution is 7.98. The van der Waals surface area contributed by atoms with Crippen LogP contribution >= 0.6 is 11.8 Å². The first kappa shape index (κ1) is 12.6. The van der Waals surface area contributed by atoms with E-state index in [4.69, 9.17) is 15.9 Å². The number of hydrogen-bond acceptors (Lipinski definition) is 6. The van der Waals surface area contributed by atoms with Gasteiger partial charge in [0.05, 0.1) is 6.54 Å². The summed E-state index contributed by atoms with van der Waals surface area (Å²) in [7, 11) is 0. The molecule has 2 aromatic rings. The number of nitrogens with two attached hydrogens (primary N) is 2. The van der Waals surface area contributed by atoms with Crippen molar-refractivity contribution < 1.29 is 9.21 Å². The zero-order valence-electron chi connectivity index (χ0n) is 9.50. The Hall–Kier alpha value is -1.86. The number of rotatable bonds is 5. The molecule has 0 unspecified atom stereocenters. The number of thioether (sulfide) groups is 1. The Labute approximate surface area is 108 Å². The summed E-state index contributed by atoms with van der Waals surface area (Å²) >= 11 is 1.38. The van der Waals surface area contributed by atoms with Gasteiger partial charge in [-0.05, 0) is 17.7 Å². The van der Waals surface area contributed by atoms with Gasteiger partial charge >= 0.3 is 0 Å². The molecule has 6 nitrogen and oxygen atoms in total.